The quantitative estimate of drug-likeness (QED) is 0.581. The van der Waals surface area contributed by atoms with E-state index in [0.29, 0.717) is 19.7 Å². The van der Waals surface area contributed by atoms with Crippen LogP contribution in [0.15, 0.2) is 0 Å². The summed E-state index contributed by atoms with van der Waals surface area (Å²) < 4.78 is 35.9. The first-order valence-corrected chi connectivity index (χ1v) is 10.4. The highest BCUT2D eigenvalue weighted by atomic mass is 32.2. The molecule has 2 saturated heterocycles. The molecule has 2 rings (SSSR count). The topological polar surface area (TPSA) is 88.2 Å². The van der Waals surface area contributed by atoms with Gasteiger partial charge in [-0.1, -0.05) is 0 Å². The number of rotatable bonds is 9. The Morgan fingerprint density at radius 1 is 1.29 bits per heavy atom. The summed E-state index contributed by atoms with van der Waals surface area (Å²) >= 11 is 0. The van der Waals surface area contributed by atoms with E-state index in [1.807, 2.05) is 0 Å². The number of sulfonamides is 1. The molecule has 0 spiro atoms. The van der Waals surface area contributed by atoms with E-state index >= 15 is 0 Å². The number of carbonyl (C=O) groups excluding carboxylic acids is 1. The number of ether oxygens (including phenoxy) is 2. The standard InChI is InChI=1S/C15H29N3O5S/c1-24(20,21)18(13-14-3-2-10-23-14)6-4-15(19)16-5-7-17-8-11-22-12-9-17/h14H,2-13H2,1H3,(H,16,19). The molecular weight excluding hydrogens is 334 g/mol. The summed E-state index contributed by atoms with van der Waals surface area (Å²) in [6.07, 6.45) is 3.13. The number of amides is 1. The van der Waals surface area contributed by atoms with Crippen molar-refractivity contribution in [1.29, 1.82) is 0 Å². The van der Waals surface area contributed by atoms with Gasteiger partial charge in [-0.05, 0) is 12.8 Å². The zero-order valence-corrected chi connectivity index (χ0v) is 15.2. The summed E-state index contributed by atoms with van der Waals surface area (Å²) in [4.78, 5) is 14.2. The largest absolute Gasteiger partial charge is 0.379 e. The Kier molecular flexibility index (Phi) is 7.89. The van der Waals surface area contributed by atoms with Crippen LogP contribution in [0.25, 0.3) is 0 Å². The molecule has 0 aliphatic carbocycles. The predicted octanol–water partition coefficient (Wildman–Crippen LogP) is -0.734. The van der Waals surface area contributed by atoms with E-state index < -0.39 is 10.0 Å². The van der Waals surface area contributed by atoms with Gasteiger partial charge in [-0.2, -0.15) is 4.31 Å². The predicted molar refractivity (Wildman–Crippen MR) is 90.3 cm³/mol. The first-order valence-electron chi connectivity index (χ1n) is 8.58. The van der Waals surface area contributed by atoms with Crippen LogP contribution in [0.3, 0.4) is 0 Å². The lowest BCUT2D eigenvalue weighted by Gasteiger charge is -2.26. The van der Waals surface area contributed by atoms with Gasteiger partial charge in [0.1, 0.15) is 0 Å². The van der Waals surface area contributed by atoms with Gasteiger partial charge in [0, 0.05) is 52.3 Å². The van der Waals surface area contributed by atoms with E-state index in [2.05, 4.69) is 10.2 Å². The Bertz CT molecular complexity index is 487. The van der Waals surface area contributed by atoms with Crippen molar-refractivity contribution in [3.63, 3.8) is 0 Å². The molecule has 1 N–H and O–H groups in total. The smallest absolute Gasteiger partial charge is 0.221 e. The first-order chi connectivity index (χ1) is 11.4. The van der Waals surface area contributed by atoms with Gasteiger partial charge in [-0.3, -0.25) is 9.69 Å². The van der Waals surface area contributed by atoms with Crippen molar-refractivity contribution in [2.45, 2.75) is 25.4 Å². The molecule has 1 unspecified atom stereocenters. The second kappa shape index (κ2) is 9.67. The van der Waals surface area contributed by atoms with Crippen molar-refractivity contribution in [2.75, 3.05) is 65.3 Å². The molecule has 0 radical (unpaired) electrons. The van der Waals surface area contributed by atoms with Gasteiger partial charge in [0.15, 0.2) is 0 Å². The Labute approximate surface area is 144 Å². The fourth-order valence-electron chi connectivity index (χ4n) is 2.90. The average Bonchev–Trinajstić information content (AvgIpc) is 3.04. The zero-order chi connectivity index (χ0) is 17.4. The average molecular weight is 363 g/mol. The molecule has 24 heavy (non-hydrogen) atoms. The Morgan fingerprint density at radius 2 is 2.04 bits per heavy atom. The number of hydrogen-bond donors (Lipinski definition) is 1. The molecule has 8 nitrogen and oxygen atoms in total. The molecule has 0 saturated carbocycles. The number of morpholine rings is 1. The highest BCUT2D eigenvalue weighted by Crippen LogP contribution is 2.15. The maximum Gasteiger partial charge on any atom is 0.221 e. The SMILES string of the molecule is CS(=O)(=O)N(CCC(=O)NCCN1CCOCC1)CC1CCCO1. The zero-order valence-electron chi connectivity index (χ0n) is 14.4. The summed E-state index contributed by atoms with van der Waals surface area (Å²) in [7, 11) is -3.33. The summed E-state index contributed by atoms with van der Waals surface area (Å²) in [5.41, 5.74) is 0. The van der Waals surface area contributed by atoms with Crippen LogP contribution >= 0.6 is 0 Å². The molecule has 1 atom stereocenters. The van der Waals surface area contributed by atoms with E-state index in [4.69, 9.17) is 9.47 Å². The third-order valence-electron chi connectivity index (χ3n) is 4.34. The molecule has 9 heteroatoms. The normalized spacial score (nSPS) is 22.8. The van der Waals surface area contributed by atoms with Gasteiger partial charge in [0.2, 0.25) is 15.9 Å². The molecule has 0 aromatic rings. The minimum absolute atomic E-state index is 0.0518. The highest BCUT2D eigenvalue weighted by molar-refractivity contribution is 7.88. The van der Waals surface area contributed by atoms with Crippen LogP contribution in [-0.4, -0.2) is 95.0 Å². The Balaban J connectivity index is 1.67. The van der Waals surface area contributed by atoms with Crippen molar-refractivity contribution in [2.24, 2.45) is 0 Å². The van der Waals surface area contributed by atoms with Gasteiger partial charge in [-0.25, -0.2) is 8.42 Å². The lowest BCUT2D eigenvalue weighted by Crippen LogP contribution is -2.42. The van der Waals surface area contributed by atoms with Gasteiger partial charge < -0.3 is 14.8 Å². The van der Waals surface area contributed by atoms with Crippen molar-refractivity contribution >= 4 is 15.9 Å². The van der Waals surface area contributed by atoms with Gasteiger partial charge >= 0.3 is 0 Å². The molecule has 0 bridgehead atoms. The lowest BCUT2D eigenvalue weighted by atomic mass is 10.2. The fourth-order valence-corrected chi connectivity index (χ4v) is 3.76. The van der Waals surface area contributed by atoms with E-state index in [1.54, 1.807) is 0 Å². The maximum atomic E-state index is 11.9. The van der Waals surface area contributed by atoms with Crippen LogP contribution in [0.5, 0.6) is 0 Å². The molecule has 2 aliphatic heterocycles. The van der Waals surface area contributed by atoms with Crippen LogP contribution in [-0.2, 0) is 24.3 Å². The second-order valence-corrected chi connectivity index (χ2v) is 8.29. The third kappa shape index (κ3) is 7.02. The van der Waals surface area contributed by atoms with E-state index in [-0.39, 0.29) is 25.0 Å². The summed E-state index contributed by atoms with van der Waals surface area (Å²) in [6, 6.07) is 0. The van der Waals surface area contributed by atoms with Crippen LogP contribution in [0.2, 0.25) is 0 Å². The van der Waals surface area contributed by atoms with E-state index in [9.17, 15) is 13.2 Å². The molecule has 2 fully saturated rings. The second-order valence-electron chi connectivity index (χ2n) is 6.31. The summed E-state index contributed by atoms with van der Waals surface area (Å²) in [5.74, 6) is -0.121. The van der Waals surface area contributed by atoms with E-state index in [0.717, 1.165) is 45.7 Å². The maximum absolute atomic E-state index is 11.9. The Morgan fingerprint density at radius 3 is 2.67 bits per heavy atom. The number of nitrogens with one attached hydrogen (secondary N) is 1. The summed E-state index contributed by atoms with van der Waals surface area (Å²) in [5, 5.41) is 2.86. The van der Waals surface area contributed by atoms with E-state index in [1.165, 1.54) is 10.6 Å². The molecule has 1 amide bonds. The van der Waals surface area contributed by atoms with Crippen LogP contribution in [0.1, 0.15) is 19.3 Å². The minimum atomic E-state index is -3.33. The molecule has 2 aliphatic rings. The van der Waals surface area contributed by atoms with Gasteiger partial charge in [0.05, 0.1) is 25.6 Å². The molecule has 2 heterocycles. The number of carbonyl (C=O) groups is 1. The molecule has 0 aromatic carbocycles. The first kappa shape index (κ1) is 19.6. The number of nitrogens with zero attached hydrogens (tertiary/aromatic N) is 2. The minimum Gasteiger partial charge on any atom is -0.379 e. The third-order valence-corrected chi connectivity index (χ3v) is 5.61. The highest BCUT2D eigenvalue weighted by Gasteiger charge is 2.25. The lowest BCUT2D eigenvalue weighted by molar-refractivity contribution is -0.121. The molecular formula is C15H29N3O5S. The Hall–Kier alpha value is -0.740. The van der Waals surface area contributed by atoms with Crippen molar-refractivity contribution in [3.05, 3.63) is 0 Å². The summed E-state index contributed by atoms with van der Waals surface area (Å²) in [6.45, 7) is 5.83. The van der Waals surface area contributed by atoms with Crippen molar-refractivity contribution in [1.82, 2.24) is 14.5 Å². The van der Waals surface area contributed by atoms with Crippen LogP contribution in [0, 0.1) is 0 Å². The van der Waals surface area contributed by atoms with Crippen molar-refractivity contribution in [3.8, 4) is 0 Å². The van der Waals surface area contributed by atoms with Crippen LogP contribution < -0.4 is 5.32 Å². The van der Waals surface area contributed by atoms with Gasteiger partial charge in [-0.15, -0.1) is 0 Å². The van der Waals surface area contributed by atoms with Crippen molar-refractivity contribution < 1.29 is 22.7 Å². The molecule has 0 aromatic heterocycles. The molecule has 140 valence electrons. The van der Waals surface area contributed by atoms with Crippen LogP contribution in [0.4, 0.5) is 0 Å². The fraction of sp³-hybridized carbons (Fsp3) is 0.933. The van der Waals surface area contributed by atoms with Gasteiger partial charge in [0.25, 0.3) is 0 Å². The number of hydrogen-bond acceptors (Lipinski definition) is 6. The monoisotopic (exact) mass is 363 g/mol.